The molecular formula is C16H20N2O5. The molecule has 0 unspecified atom stereocenters. The van der Waals surface area contributed by atoms with Crippen LogP contribution >= 0.6 is 0 Å². The molecule has 3 amide bonds. The Balaban J connectivity index is 1.82. The summed E-state index contributed by atoms with van der Waals surface area (Å²) in [5.74, 6) is -1.53. The fourth-order valence-electron chi connectivity index (χ4n) is 2.42. The third-order valence-corrected chi connectivity index (χ3v) is 3.66. The van der Waals surface area contributed by atoms with Gasteiger partial charge in [-0.25, -0.2) is 9.59 Å². The minimum absolute atomic E-state index is 0.0764. The Morgan fingerprint density at radius 3 is 2.61 bits per heavy atom. The summed E-state index contributed by atoms with van der Waals surface area (Å²) in [5, 5.41) is 14.2. The zero-order valence-electron chi connectivity index (χ0n) is 12.9. The van der Waals surface area contributed by atoms with Crippen LogP contribution in [0.4, 0.5) is 4.79 Å². The largest absolute Gasteiger partial charge is 0.508 e. The Morgan fingerprint density at radius 2 is 1.96 bits per heavy atom. The van der Waals surface area contributed by atoms with Crippen LogP contribution in [0, 0.1) is 0 Å². The molecule has 0 saturated heterocycles. The summed E-state index contributed by atoms with van der Waals surface area (Å²) < 4.78 is 4.98. The van der Waals surface area contributed by atoms with Crippen LogP contribution < -0.4 is 10.6 Å². The van der Waals surface area contributed by atoms with Gasteiger partial charge in [-0.1, -0.05) is 18.9 Å². The fourth-order valence-corrected chi connectivity index (χ4v) is 2.42. The summed E-state index contributed by atoms with van der Waals surface area (Å²) >= 11 is 0. The Labute approximate surface area is 134 Å². The van der Waals surface area contributed by atoms with E-state index in [1.165, 1.54) is 31.2 Å². The van der Waals surface area contributed by atoms with E-state index in [0.29, 0.717) is 0 Å². The number of carbonyl (C=O) groups is 3. The van der Waals surface area contributed by atoms with Gasteiger partial charge in [0.25, 0.3) is 5.91 Å². The van der Waals surface area contributed by atoms with Crippen molar-refractivity contribution in [2.24, 2.45) is 0 Å². The standard InChI is InChI=1S/C16H20N2O5/c1-10(23-15(21)11-5-4-8-13(19)9-11)14(20)18-16(22)17-12-6-2-3-7-12/h4-5,8-10,12,19H,2-3,6-7H2,1H3,(H2,17,18,20,22)/t10-/m0/s1. The zero-order valence-corrected chi connectivity index (χ0v) is 12.9. The topological polar surface area (TPSA) is 105 Å². The number of phenols is 1. The molecule has 1 saturated carbocycles. The van der Waals surface area contributed by atoms with Crippen LogP contribution in [0.2, 0.25) is 0 Å². The summed E-state index contributed by atoms with van der Waals surface area (Å²) in [7, 11) is 0. The molecule has 2 rings (SSSR count). The van der Waals surface area contributed by atoms with Crippen molar-refractivity contribution < 1.29 is 24.2 Å². The zero-order chi connectivity index (χ0) is 16.8. The minimum atomic E-state index is -1.13. The molecule has 0 bridgehead atoms. The number of ether oxygens (including phenoxy) is 1. The number of phenolic OH excluding ortho intramolecular Hbond substituents is 1. The van der Waals surface area contributed by atoms with E-state index in [0.717, 1.165) is 25.7 Å². The Kier molecular flexibility index (Phi) is 5.56. The SMILES string of the molecule is C[C@H](OC(=O)c1cccc(O)c1)C(=O)NC(=O)NC1CCCC1. The molecule has 1 atom stereocenters. The molecule has 0 aliphatic heterocycles. The number of carbonyl (C=O) groups excluding carboxylic acids is 3. The van der Waals surface area contributed by atoms with Gasteiger partial charge in [-0.2, -0.15) is 0 Å². The van der Waals surface area contributed by atoms with Gasteiger partial charge in [-0.15, -0.1) is 0 Å². The molecule has 1 aromatic rings. The van der Waals surface area contributed by atoms with E-state index in [1.54, 1.807) is 0 Å². The number of amides is 3. The molecule has 1 aromatic carbocycles. The maximum atomic E-state index is 11.9. The van der Waals surface area contributed by atoms with Crippen molar-refractivity contribution in [2.45, 2.75) is 44.8 Å². The molecule has 23 heavy (non-hydrogen) atoms. The van der Waals surface area contributed by atoms with E-state index in [2.05, 4.69) is 10.6 Å². The third kappa shape index (κ3) is 4.98. The highest BCUT2D eigenvalue weighted by atomic mass is 16.5. The number of esters is 1. The predicted octanol–water partition coefficient (Wildman–Crippen LogP) is 1.71. The fraction of sp³-hybridized carbons (Fsp3) is 0.438. The number of nitrogens with one attached hydrogen (secondary N) is 2. The second-order valence-electron chi connectivity index (χ2n) is 5.54. The minimum Gasteiger partial charge on any atom is -0.508 e. The molecule has 0 aromatic heterocycles. The summed E-state index contributed by atoms with van der Waals surface area (Å²) in [6.45, 7) is 1.37. The number of benzene rings is 1. The van der Waals surface area contributed by atoms with Crippen molar-refractivity contribution in [3.05, 3.63) is 29.8 Å². The van der Waals surface area contributed by atoms with Gasteiger partial charge in [0.1, 0.15) is 5.75 Å². The van der Waals surface area contributed by atoms with Crippen molar-refractivity contribution >= 4 is 17.9 Å². The number of aromatic hydroxyl groups is 1. The molecule has 1 aliphatic rings. The Morgan fingerprint density at radius 1 is 1.26 bits per heavy atom. The maximum absolute atomic E-state index is 11.9. The van der Waals surface area contributed by atoms with Crippen LogP contribution in [-0.2, 0) is 9.53 Å². The van der Waals surface area contributed by atoms with Gasteiger partial charge in [0, 0.05) is 6.04 Å². The number of imide groups is 1. The van der Waals surface area contributed by atoms with E-state index >= 15 is 0 Å². The average molecular weight is 320 g/mol. The van der Waals surface area contributed by atoms with Crippen LogP contribution in [0.5, 0.6) is 5.75 Å². The molecule has 0 radical (unpaired) electrons. The molecule has 7 heteroatoms. The Bertz CT molecular complexity index is 596. The lowest BCUT2D eigenvalue weighted by Gasteiger charge is -2.15. The van der Waals surface area contributed by atoms with Gasteiger partial charge in [-0.05, 0) is 38.0 Å². The van der Waals surface area contributed by atoms with E-state index in [9.17, 15) is 19.5 Å². The number of urea groups is 1. The van der Waals surface area contributed by atoms with Crippen molar-refractivity contribution in [1.29, 1.82) is 0 Å². The molecule has 3 N–H and O–H groups in total. The highest BCUT2D eigenvalue weighted by Gasteiger charge is 2.23. The lowest BCUT2D eigenvalue weighted by molar-refractivity contribution is -0.127. The van der Waals surface area contributed by atoms with Crippen molar-refractivity contribution in [2.75, 3.05) is 0 Å². The van der Waals surface area contributed by atoms with Crippen molar-refractivity contribution in [3.63, 3.8) is 0 Å². The smallest absolute Gasteiger partial charge is 0.339 e. The summed E-state index contributed by atoms with van der Waals surface area (Å²) in [6.07, 6.45) is 2.82. The number of rotatable bonds is 4. The number of hydrogen-bond donors (Lipinski definition) is 3. The molecule has 1 fully saturated rings. The first-order valence-corrected chi connectivity index (χ1v) is 7.57. The molecule has 0 spiro atoms. The van der Waals surface area contributed by atoms with Crippen LogP contribution in [-0.4, -0.2) is 35.2 Å². The summed E-state index contributed by atoms with van der Waals surface area (Å²) in [5.41, 5.74) is 0.125. The van der Waals surface area contributed by atoms with Gasteiger partial charge >= 0.3 is 12.0 Å². The van der Waals surface area contributed by atoms with E-state index in [4.69, 9.17) is 4.74 Å². The third-order valence-electron chi connectivity index (χ3n) is 3.66. The van der Waals surface area contributed by atoms with Gasteiger partial charge in [-0.3, -0.25) is 10.1 Å². The molecule has 0 heterocycles. The first-order chi connectivity index (χ1) is 11.0. The average Bonchev–Trinajstić information content (AvgIpc) is 2.99. The normalized spacial score (nSPS) is 15.7. The lowest BCUT2D eigenvalue weighted by Crippen LogP contribution is -2.47. The summed E-state index contributed by atoms with van der Waals surface area (Å²) in [6, 6.07) is 5.11. The van der Waals surface area contributed by atoms with Crippen molar-refractivity contribution in [3.8, 4) is 5.75 Å². The van der Waals surface area contributed by atoms with Crippen LogP contribution in [0.25, 0.3) is 0 Å². The summed E-state index contributed by atoms with van der Waals surface area (Å²) in [4.78, 5) is 35.4. The Hall–Kier alpha value is -2.57. The van der Waals surface area contributed by atoms with Crippen LogP contribution in [0.15, 0.2) is 24.3 Å². The van der Waals surface area contributed by atoms with Gasteiger partial charge in [0.2, 0.25) is 0 Å². The predicted molar refractivity (Wildman–Crippen MR) is 81.9 cm³/mol. The quantitative estimate of drug-likeness (QED) is 0.733. The number of hydrogen-bond acceptors (Lipinski definition) is 5. The van der Waals surface area contributed by atoms with Crippen LogP contribution in [0.3, 0.4) is 0 Å². The van der Waals surface area contributed by atoms with Crippen molar-refractivity contribution in [1.82, 2.24) is 10.6 Å². The van der Waals surface area contributed by atoms with E-state index < -0.39 is 24.0 Å². The second kappa shape index (κ2) is 7.62. The van der Waals surface area contributed by atoms with Crippen LogP contribution in [0.1, 0.15) is 43.0 Å². The van der Waals surface area contributed by atoms with Gasteiger partial charge in [0.05, 0.1) is 5.56 Å². The highest BCUT2D eigenvalue weighted by Crippen LogP contribution is 2.17. The molecular weight excluding hydrogens is 300 g/mol. The maximum Gasteiger partial charge on any atom is 0.339 e. The van der Waals surface area contributed by atoms with E-state index in [1.807, 2.05) is 0 Å². The van der Waals surface area contributed by atoms with Gasteiger partial charge in [0.15, 0.2) is 6.10 Å². The van der Waals surface area contributed by atoms with E-state index in [-0.39, 0.29) is 17.4 Å². The molecule has 7 nitrogen and oxygen atoms in total. The first kappa shape index (κ1) is 16.8. The first-order valence-electron chi connectivity index (χ1n) is 7.57. The molecule has 1 aliphatic carbocycles. The highest BCUT2D eigenvalue weighted by molar-refractivity contribution is 5.98. The molecule has 124 valence electrons. The van der Waals surface area contributed by atoms with Gasteiger partial charge < -0.3 is 15.2 Å². The monoisotopic (exact) mass is 320 g/mol. The second-order valence-corrected chi connectivity index (χ2v) is 5.54. The lowest BCUT2D eigenvalue weighted by atomic mass is 10.2.